The molecule has 1 saturated carbocycles. The zero-order valence-corrected chi connectivity index (χ0v) is 10.3. The van der Waals surface area contributed by atoms with E-state index < -0.39 is 0 Å². The number of hydrogen-bond donors (Lipinski definition) is 2. The molecule has 2 heteroatoms. The van der Waals surface area contributed by atoms with Crippen LogP contribution in [0.4, 0.5) is 5.69 Å². The van der Waals surface area contributed by atoms with Crippen molar-refractivity contribution in [3.63, 3.8) is 0 Å². The van der Waals surface area contributed by atoms with E-state index in [-0.39, 0.29) is 0 Å². The van der Waals surface area contributed by atoms with E-state index in [1.807, 2.05) is 0 Å². The lowest BCUT2D eigenvalue weighted by Gasteiger charge is -2.28. The summed E-state index contributed by atoms with van der Waals surface area (Å²) in [6.45, 7) is 4.31. The van der Waals surface area contributed by atoms with E-state index in [4.69, 9.17) is 5.73 Å². The average Bonchev–Trinajstić information content (AvgIpc) is 2.25. The largest absolute Gasteiger partial charge is 0.382 e. The van der Waals surface area contributed by atoms with Crippen LogP contribution in [0.5, 0.6) is 0 Å². The molecule has 2 rings (SSSR count). The average molecular weight is 218 g/mol. The van der Waals surface area contributed by atoms with Crippen LogP contribution in [0, 0.1) is 13.8 Å². The molecule has 0 saturated heterocycles. The number of hydrogen-bond acceptors (Lipinski definition) is 2. The molecule has 1 aliphatic rings. The van der Waals surface area contributed by atoms with Crippen molar-refractivity contribution >= 4 is 5.69 Å². The first-order valence-corrected chi connectivity index (χ1v) is 6.24. The minimum atomic E-state index is 0.428. The first kappa shape index (κ1) is 11.5. The summed E-state index contributed by atoms with van der Waals surface area (Å²) in [6.07, 6.45) is 4.72. The summed E-state index contributed by atoms with van der Waals surface area (Å²) in [4.78, 5) is 0. The van der Waals surface area contributed by atoms with Gasteiger partial charge in [-0.2, -0.15) is 0 Å². The predicted molar refractivity (Wildman–Crippen MR) is 69.8 cm³/mol. The highest BCUT2D eigenvalue weighted by molar-refractivity contribution is 5.52. The van der Waals surface area contributed by atoms with Crippen LogP contribution >= 0.6 is 0 Å². The maximum absolute atomic E-state index is 5.91. The van der Waals surface area contributed by atoms with Crippen molar-refractivity contribution in [1.29, 1.82) is 0 Å². The highest BCUT2D eigenvalue weighted by Gasteiger charge is 2.18. The highest BCUT2D eigenvalue weighted by atomic mass is 14.9. The molecule has 0 aromatic heterocycles. The van der Waals surface area contributed by atoms with Crippen LogP contribution in [-0.4, -0.2) is 12.1 Å². The Balaban J connectivity index is 1.98. The van der Waals surface area contributed by atoms with Crippen molar-refractivity contribution in [2.45, 2.75) is 51.6 Å². The standard InChI is InChI=1S/C14H22N2/c1-10-3-8-14(11(2)9-10)16-13-6-4-12(15)5-7-13/h3,8-9,12-13,16H,4-7,15H2,1-2H3. The monoisotopic (exact) mass is 218 g/mol. The second-order valence-corrected chi connectivity index (χ2v) is 5.07. The van der Waals surface area contributed by atoms with Gasteiger partial charge in [0, 0.05) is 17.8 Å². The zero-order chi connectivity index (χ0) is 11.5. The maximum atomic E-state index is 5.91. The summed E-state index contributed by atoms with van der Waals surface area (Å²) in [5, 5.41) is 3.64. The maximum Gasteiger partial charge on any atom is 0.0372 e. The smallest absolute Gasteiger partial charge is 0.0372 e. The Morgan fingerprint density at radius 2 is 1.81 bits per heavy atom. The molecule has 2 nitrogen and oxygen atoms in total. The molecule has 1 aromatic rings. The van der Waals surface area contributed by atoms with Gasteiger partial charge < -0.3 is 11.1 Å². The van der Waals surface area contributed by atoms with Gasteiger partial charge in [0.05, 0.1) is 0 Å². The predicted octanol–water partition coefficient (Wildman–Crippen LogP) is 2.99. The molecule has 0 radical (unpaired) electrons. The number of rotatable bonds is 2. The second kappa shape index (κ2) is 4.88. The van der Waals surface area contributed by atoms with E-state index in [1.165, 1.54) is 29.7 Å². The molecule has 0 amide bonds. The van der Waals surface area contributed by atoms with Gasteiger partial charge in [-0.05, 0) is 51.2 Å². The molecule has 1 fully saturated rings. The Bertz CT molecular complexity index is 352. The summed E-state index contributed by atoms with van der Waals surface area (Å²) in [6, 6.07) is 7.64. The molecular formula is C14H22N2. The molecule has 16 heavy (non-hydrogen) atoms. The third-order valence-electron chi connectivity index (χ3n) is 3.51. The summed E-state index contributed by atoms with van der Waals surface area (Å²) in [5.74, 6) is 0. The van der Waals surface area contributed by atoms with Crippen LogP contribution in [0.1, 0.15) is 36.8 Å². The van der Waals surface area contributed by atoms with Gasteiger partial charge in [0.15, 0.2) is 0 Å². The van der Waals surface area contributed by atoms with E-state index in [0.29, 0.717) is 12.1 Å². The fourth-order valence-electron chi connectivity index (χ4n) is 2.46. The molecule has 0 heterocycles. The van der Waals surface area contributed by atoms with E-state index in [2.05, 4.69) is 37.4 Å². The number of aryl methyl sites for hydroxylation is 2. The van der Waals surface area contributed by atoms with Gasteiger partial charge in [0.1, 0.15) is 0 Å². The van der Waals surface area contributed by atoms with Crippen LogP contribution in [0.3, 0.4) is 0 Å². The Morgan fingerprint density at radius 3 is 2.44 bits per heavy atom. The minimum Gasteiger partial charge on any atom is -0.382 e. The van der Waals surface area contributed by atoms with Crippen LogP contribution in [0.25, 0.3) is 0 Å². The molecule has 0 bridgehead atoms. The van der Waals surface area contributed by atoms with E-state index >= 15 is 0 Å². The van der Waals surface area contributed by atoms with Crippen LogP contribution < -0.4 is 11.1 Å². The summed E-state index contributed by atoms with van der Waals surface area (Å²) in [5.41, 5.74) is 9.87. The van der Waals surface area contributed by atoms with Crippen molar-refractivity contribution in [2.24, 2.45) is 5.73 Å². The Labute approximate surface area is 98.2 Å². The van der Waals surface area contributed by atoms with Crippen LogP contribution in [-0.2, 0) is 0 Å². The number of nitrogens with two attached hydrogens (primary N) is 1. The first-order chi connectivity index (χ1) is 7.65. The first-order valence-electron chi connectivity index (χ1n) is 6.24. The van der Waals surface area contributed by atoms with Gasteiger partial charge in [0.2, 0.25) is 0 Å². The Kier molecular flexibility index (Phi) is 3.49. The van der Waals surface area contributed by atoms with E-state index in [9.17, 15) is 0 Å². The van der Waals surface area contributed by atoms with E-state index in [0.717, 1.165) is 12.8 Å². The molecule has 1 aromatic carbocycles. The molecule has 1 aliphatic carbocycles. The van der Waals surface area contributed by atoms with Gasteiger partial charge in [-0.25, -0.2) is 0 Å². The highest BCUT2D eigenvalue weighted by Crippen LogP contribution is 2.23. The number of benzene rings is 1. The quantitative estimate of drug-likeness (QED) is 0.801. The Morgan fingerprint density at radius 1 is 1.12 bits per heavy atom. The van der Waals surface area contributed by atoms with Crippen molar-refractivity contribution in [1.82, 2.24) is 0 Å². The van der Waals surface area contributed by atoms with Gasteiger partial charge in [-0.15, -0.1) is 0 Å². The van der Waals surface area contributed by atoms with Crippen molar-refractivity contribution in [3.8, 4) is 0 Å². The lowest BCUT2D eigenvalue weighted by atomic mass is 9.91. The molecule has 0 unspecified atom stereocenters. The molecule has 0 aliphatic heterocycles. The van der Waals surface area contributed by atoms with Gasteiger partial charge in [0.25, 0.3) is 0 Å². The van der Waals surface area contributed by atoms with Crippen molar-refractivity contribution in [2.75, 3.05) is 5.32 Å². The van der Waals surface area contributed by atoms with Gasteiger partial charge in [-0.1, -0.05) is 17.7 Å². The molecular weight excluding hydrogens is 196 g/mol. The third kappa shape index (κ3) is 2.76. The van der Waals surface area contributed by atoms with Crippen LogP contribution in [0.15, 0.2) is 18.2 Å². The molecule has 0 spiro atoms. The fourth-order valence-corrected chi connectivity index (χ4v) is 2.46. The molecule has 88 valence electrons. The third-order valence-corrected chi connectivity index (χ3v) is 3.51. The minimum absolute atomic E-state index is 0.428. The van der Waals surface area contributed by atoms with Crippen molar-refractivity contribution in [3.05, 3.63) is 29.3 Å². The normalized spacial score (nSPS) is 25.4. The van der Waals surface area contributed by atoms with Gasteiger partial charge in [-0.3, -0.25) is 0 Å². The topological polar surface area (TPSA) is 38.0 Å². The van der Waals surface area contributed by atoms with Gasteiger partial charge >= 0.3 is 0 Å². The number of nitrogens with one attached hydrogen (secondary N) is 1. The Hall–Kier alpha value is -1.02. The fraction of sp³-hybridized carbons (Fsp3) is 0.571. The lowest BCUT2D eigenvalue weighted by molar-refractivity contribution is 0.411. The van der Waals surface area contributed by atoms with Crippen LogP contribution in [0.2, 0.25) is 0 Å². The van der Waals surface area contributed by atoms with Crippen molar-refractivity contribution < 1.29 is 0 Å². The molecule has 3 N–H and O–H groups in total. The SMILES string of the molecule is Cc1ccc(NC2CCC(N)CC2)c(C)c1. The summed E-state index contributed by atoms with van der Waals surface area (Å²) in [7, 11) is 0. The second-order valence-electron chi connectivity index (χ2n) is 5.07. The van der Waals surface area contributed by atoms with E-state index in [1.54, 1.807) is 0 Å². The summed E-state index contributed by atoms with van der Waals surface area (Å²) < 4.78 is 0. The molecule has 0 atom stereocenters. The zero-order valence-electron chi connectivity index (χ0n) is 10.3. The summed E-state index contributed by atoms with van der Waals surface area (Å²) >= 11 is 0. The lowest BCUT2D eigenvalue weighted by Crippen LogP contribution is -2.32. The number of anilines is 1.